The third-order valence-electron chi connectivity index (χ3n) is 2.28. The maximum atomic E-state index is 13.4. The van der Waals surface area contributed by atoms with Gasteiger partial charge in [0.2, 0.25) is 0 Å². The van der Waals surface area contributed by atoms with Gasteiger partial charge in [-0.15, -0.1) is 0 Å². The second-order valence-electron chi connectivity index (χ2n) is 3.69. The molecule has 7 heteroatoms. The molecule has 0 saturated carbocycles. The van der Waals surface area contributed by atoms with E-state index in [4.69, 9.17) is 11.6 Å². The van der Waals surface area contributed by atoms with Crippen LogP contribution in [-0.2, 0) is 10.0 Å². The fourth-order valence-corrected chi connectivity index (χ4v) is 2.91. The monoisotopic (exact) mass is 363 g/mol. The van der Waals surface area contributed by atoms with Crippen LogP contribution in [-0.4, -0.2) is 8.42 Å². The van der Waals surface area contributed by atoms with E-state index in [2.05, 4.69) is 20.7 Å². The lowest BCUT2D eigenvalue weighted by atomic mass is 10.3. The Morgan fingerprint density at radius 1 is 1.16 bits per heavy atom. The number of benzene rings is 2. The second kappa shape index (κ2) is 5.48. The van der Waals surface area contributed by atoms with Crippen molar-refractivity contribution in [2.75, 3.05) is 4.72 Å². The molecule has 0 aromatic heterocycles. The van der Waals surface area contributed by atoms with Gasteiger partial charge in [0.05, 0.1) is 15.1 Å². The van der Waals surface area contributed by atoms with Gasteiger partial charge in [-0.1, -0.05) is 17.7 Å². The first kappa shape index (κ1) is 14.3. The third-order valence-corrected chi connectivity index (χ3v) is 4.54. The van der Waals surface area contributed by atoms with Crippen LogP contribution in [0.25, 0.3) is 0 Å². The van der Waals surface area contributed by atoms with Gasteiger partial charge < -0.3 is 0 Å². The molecule has 0 bridgehead atoms. The first-order chi connectivity index (χ1) is 8.88. The molecule has 0 spiro atoms. The number of sulfonamides is 1. The summed E-state index contributed by atoms with van der Waals surface area (Å²) in [5.41, 5.74) is 0.316. The summed E-state index contributed by atoms with van der Waals surface area (Å²) < 4.78 is 40.0. The SMILES string of the molecule is O=S(=O)(Nc1cccc(Cl)c1)c1ccc(Br)c(F)c1. The zero-order valence-corrected chi connectivity index (χ0v) is 12.6. The lowest BCUT2D eigenvalue weighted by Gasteiger charge is -2.08. The van der Waals surface area contributed by atoms with Gasteiger partial charge in [0.25, 0.3) is 10.0 Å². The van der Waals surface area contributed by atoms with Crippen molar-refractivity contribution in [3.05, 3.63) is 57.8 Å². The lowest BCUT2D eigenvalue weighted by molar-refractivity contribution is 0.593. The van der Waals surface area contributed by atoms with E-state index in [1.54, 1.807) is 18.2 Å². The van der Waals surface area contributed by atoms with E-state index >= 15 is 0 Å². The van der Waals surface area contributed by atoms with Crippen molar-refractivity contribution in [2.45, 2.75) is 4.90 Å². The summed E-state index contributed by atoms with van der Waals surface area (Å²) in [6.45, 7) is 0. The van der Waals surface area contributed by atoms with Gasteiger partial charge in [-0.3, -0.25) is 4.72 Å². The first-order valence-corrected chi connectivity index (χ1v) is 7.77. The van der Waals surface area contributed by atoms with Gasteiger partial charge in [-0.25, -0.2) is 12.8 Å². The molecule has 0 aliphatic carbocycles. The maximum Gasteiger partial charge on any atom is 0.261 e. The Bertz CT molecular complexity index is 721. The average Bonchev–Trinajstić information content (AvgIpc) is 2.32. The lowest BCUT2D eigenvalue weighted by Crippen LogP contribution is -2.13. The van der Waals surface area contributed by atoms with Crippen LogP contribution in [0.4, 0.5) is 10.1 Å². The Labute approximate surface area is 123 Å². The molecule has 2 rings (SSSR count). The summed E-state index contributed by atoms with van der Waals surface area (Å²) in [5, 5.41) is 0.405. The predicted molar refractivity (Wildman–Crippen MR) is 76.4 cm³/mol. The quantitative estimate of drug-likeness (QED) is 0.893. The van der Waals surface area contributed by atoms with E-state index in [1.807, 2.05) is 0 Å². The molecule has 2 aromatic rings. The minimum absolute atomic E-state index is 0.159. The molecule has 0 atom stereocenters. The van der Waals surface area contributed by atoms with Crippen molar-refractivity contribution in [1.29, 1.82) is 0 Å². The van der Waals surface area contributed by atoms with Gasteiger partial charge in [-0.2, -0.15) is 0 Å². The van der Waals surface area contributed by atoms with Gasteiger partial charge >= 0.3 is 0 Å². The highest BCUT2D eigenvalue weighted by Crippen LogP contribution is 2.22. The van der Waals surface area contributed by atoms with Crippen LogP contribution in [0.2, 0.25) is 5.02 Å². The van der Waals surface area contributed by atoms with Crippen molar-refractivity contribution < 1.29 is 12.8 Å². The van der Waals surface area contributed by atoms with E-state index in [-0.39, 0.29) is 9.37 Å². The number of hydrogen-bond donors (Lipinski definition) is 1. The van der Waals surface area contributed by atoms with Gasteiger partial charge in [0, 0.05) is 5.02 Å². The van der Waals surface area contributed by atoms with Crippen molar-refractivity contribution in [2.24, 2.45) is 0 Å². The van der Waals surface area contributed by atoms with Crippen LogP contribution in [0.15, 0.2) is 51.8 Å². The summed E-state index contributed by atoms with van der Waals surface area (Å²) in [4.78, 5) is -0.159. The number of anilines is 1. The molecule has 0 aliphatic heterocycles. The largest absolute Gasteiger partial charge is 0.280 e. The standard InChI is InChI=1S/C12H8BrClFNO2S/c13-11-5-4-10(7-12(11)15)19(17,18)16-9-3-1-2-8(14)6-9/h1-7,16H. The van der Waals surface area contributed by atoms with Gasteiger partial charge in [0.1, 0.15) is 5.82 Å². The van der Waals surface area contributed by atoms with E-state index in [9.17, 15) is 12.8 Å². The smallest absolute Gasteiger partial charge is 0.261 e. The number of hydrogen-bond acceptors (Lipinski definition) is 2. The average molecular weight is 365 g/mol. The zero-order valence-electron chi connectivity index (χ0n) is 9.40. The molecule has 3 nitrogen and oxygen atoms in total. The summed E-state index contributed by atoms with van der Waals surface area (Å²) >= 11 is 8.73. The normalized spacial score (nSPS) is 11.3. The fourth-order valence-electron chi connectivity index (χ4n) is 1.41. The van der Waals surface area contributed by atoms with Crippen LogP contribution in [0.1, 0.15) is 0 Å². The molecule has 0 amide bonds. The summed E-state index contributed by atoms with van der Waals surface area (Å²) in [5.74, 6) is -0.644. The summed E-state index contributed by atoms with van der Waals surface area (Å²) in [6.07, 6.45) is 0. The van der Waals surface area contributed by atoms with E-state index in [0.717, 1.165) is 6.07 Å². The molecule has 0 heterocycles. The fraction of sp³-hybridized carbons (Fsp3) is 0. The molecule has 0 aliphatic rings. The molecule has 1 N–H and O–H groups in total. The van der Waals surface area contributed by atoms with Crippen LogP contribution < -0.4 is 4.72 Å². The Morgan fingerprint density at radius 3 is 2.53 bits per heavy atom. The molecule has 0 unspecified atom stereocenters. The second-order valence-corrected chi connectivity index (χ2v) is 6.66. The molecule has 19 heavy (non-hydrogen) atoms. The molecule has 100 valence electrons. The summed E-state index contributed by atoms with van der Waals surface area (Å²) in [6, 6.07) is 9.84. The van der Waals surface area contributed by atoms with Crippen molar-refractivity contribution in [3.8, 4) is 0 Å². The Morgan fingerprint density at radius 2 is 1.89 bits per heavy atom. The van der Waals surface area contributed by atoms with Crippen LogP contribution in [0.3, 0.4) is 0 Å². The minimum atomic E-state index is -3.84. The highest BCUT2D eigenvalue weighted by atomic mass is 79.9. The molecule has 0 fully saturated rings. The van der Waals surface area contributed by atoms with Crippen LogP contribution in [0, 0.1) is 5.82 Å². The number of rotatable bonds is 3. The minimum Gasteiger partial charge on any atom is -0.280 e. The maximum absolute atomic E-state index is 13.4. The Kier molecular flexibility index (Phi) is 4.13. The van der Waals surface area contributed by atoms with Crippen molar-refractivity contribution >= 4 is 43.2 Å². The van der Waals surface area contributed by atoms with Crippen LogP contribution >= 0.6 is 27.5 Å². The van der Waals surface area contributed by atoms with Gasteiger partial charge in [0.15, 0.2) is 0 Å². The van der Waals surface area contributed by atoms with E-state index in [1.165, 1.54) is 18.2 Å². The Hall–Kier alpha value is -1.11. The zero-order chi connectivity index (χ0) is 14.0. The third kappa shape index (κ3) is 3.46. The number of halogens is 3. The topological polar surface area (TPSA) is 46.2 Å². The molecular formula is C12H8BrClFNO2S. The van der Waals surface area contributed by atoms with Gasteiger partial charge in [-0.05, 0) is 52.3 Å². The molecule has 0 saturated heterocycles. The highest BCUT2D eigenvalue weighted by Gasteiger charge is 2.16. The molecule has 0 radical (unpaired) electrons. The highest BCUT2D eigenvalue weighted by molar-refractivity contribution is 9.10. The Balaban J connectivity index is 2.35. The molecule has 2 aromatic carbocycles. The van der Waals surface area contributed by atoms with E-state index in [0.29, 0.717) is 10.7 Å². The van der Waals surface area contributed by atoms with Crippen molar-refractivity contribution in [3.63, 3.8) is 0 Å². The summed E-state index contributed by atoms with van der Waals surface area (Å²) in [7, 11) is -3.84. The first-order valence-electron chi connectivity index (χ1n) is 5.12. The van der Waals surface area contributed by atoms with E-state index < -0.39 is 15.8 Å². The van der Waals surface area contributed by atoms with Crippen molar-refractivity contribution in [1.82, 2.24) is 0 Å². The predicted octanol–water partition coefficient (Wildman–Crippen LogP) is 4.04. The molecular weight excluding hydrogens is 357 g/mol. The van der Waals surface area contributed by atoms with Crippen LogP contribution in [0.5, 0.6) is 0 Å². The number of nitrogens with one attached hydrogen (secondary N) is 1.